The van der Waals surface area contributed by atoms with E-state index >= 15 is 0 Å². The molecule has 0 spiro atoms. The van der Waals surface area contributed by atoms with Gasteiger partial charge in [-0.2, -0.15) is 0 Å². The van der Waals surface area contributed by atoms with E-state index in [9.17, 15) is 8.78 Å². The summed E-state index contributed by atoms with van der Waals surface area (Å²) < 4.78 is 27.6. The van der Waals surface area contributed by atoms with Crippen LogP contribution >= 0.6 is 0 Å². The lowest BCUT2D eigenvalue weighted by atomic mass is 9.75. The zero-order valence-electron chi connectivity index (χ0n) is 12.5. The highest BCUT2D eigenvalue weighted by atomic mass is 19.3. The minimum absolute atomic E-state index is 0.143. The highest BCUT2D eigenvalue weighted by Crippen LogP contribution is 2.36. The highest BCUT2D eigenvalue weighted by molar-refractivity contribution is 4.88. The molecule has 0 aromatic heterocycles. The molecule has 2 aliphatic rings. The van der Waals surface area contributed by atoms with Gasteiger partial charge in [-0.15, -0.1) is 0 Å². The molecular weight excluding hydrogens is 246 g/mol. The smallest absolute Gasteiger partial charge is 0.264 e. The molecule has 1 unspecified atom stereocenters. The molecule has 2 fully saturated rings. The molecule has 0 radical (unpaired) electrons. The molecule has 2 heterocycles. The number of rotatable bonds is 2. The van der Waals surface area contributed by atoms with Gasteiger partial charge in [-0.3, -0.25) is 0 Å². The van der Waals surface area contributed by atoms with Crippen LogP contribution in [0.1, 0.15) is 40.0 Å². The van der Waals surface area contributed by atoms with Crippen LogP contribution in [0.2, 0.25) is 0 Å². The van der Waals surface area contributed by atoms with E-state index in [2.05, 4.69) is 31.0 Å². The second kappa shape index (κ2) is 5.65. The first-order valence-electron chi connectivity index (χ1n) is 7.60. The van der Waals surface area contributed by atoms with Crippen molar-refractivity contribution in [1.82, 2.24) is 10.2 Å². The largest absolute Gasteiger partial charge is 0.311 e. The molecular formula is C15H28F2N2. The predicted molar refractivity (Wildman–Crippen MR) is 74.5 cm³/mol. The average Bonchev–Trinajstić information content (AvgIpc) is 2.31. The quantitative estimate of drug-likeness (QED) is 0.833. The van der Waals surface area contributed by atoms with E-state index in [-0.39, 0.29) is 6.54 Å². The molecule has 2 nitrogen and oxygen atoms in total. The number of alkyl halides is 2. The van der Waals surface area contributed by atoms with Crippen molar-refractivity contribution in [2.24, 2.45) is 17.3 Å². The van der Waals surface area contributed by atoms with Crippen LogP contribution in [-0.2, 0) is 0 Å². The fourth-order valence-corrected chi connectivity index (χ4v) is 3.40. The second-order valence-electron chi connectivity index (χ2n) is 7.36. The lowest BCUT2D eigenvalue weighted by molar-refractivity contribution is -0.0858. The molecule has 0 aromatic carbocycles. The molecule has 112 valence electrons. The van der Waals surface area contributed by atoms with E-state index in [1.165, 1.54) is 0 Å². The first-order chi connectivity index (χ1) is 8.79. The molecule has 0 aromatic rings. The lowest BCUT2D eigenvalue weighted by Crippen LogP contribution is -2.51. The number of hydrogen-bond donors (Lipinski definition) is 1. The topological polar surface area (TPSA) is 15.3 Å². The van der Waals surface area contributed by atoms with Gasteiger partial charge in [0.15, 0.2) is 0 Å². The Hall–Kier alpha value is -0.220. The number of piperidine rings is 2. The van der Waals surface area contributed by atoms with Gasteiger partial charge < -0.3 is 10.2 Å². The number of nitrogens with zero attached hydrogens (tertiary/aromatic N) is 1. The summed E-state index contributed by atoms with van der Waals surface area (Å²) >= 11 is 0. The molecule has 0 bridgehead atoms. The summed E-state index contributed by atoms with van der Waals surface area (Å²) in [5.41, 5.74) is 0.352. The minimum atomic E-state index is -2.53. The Labute approximate surface area is 115 Å². The first-order valence-corrected chi connectivity index (χ1v) is 7.60. The van der Waals surface area contributed by atoms with Crippen LogP contribution in [-0.4, -0.2) is 43.5 Å². The number of hydrogen-bond acceptors (Lipinski definition) is 2. The Morgan fingerprint density at radius 3 is 2.32 bits per heavy atom. The Bertz CT molecular complexity index is 291. The summed E-state index contributed by atoms with van der Waals surface area (Å²) in [7, 11) is 0. The molecule has 0 amide bonds. The second-order valence-corrected chi connectivity index (χ2v) is 7.36. The van der Waals surface area contributed by atoms with Gasteiger partial charge in [0.2, 0.25) is 0 Å². The van der Waals surface area contributed by atoms with Crippen molar-refractivity contribution in [3.63, 3.8) is 0 Å². The van der Waals surface area contributed by atoms with Gasteiger partial charge in [0.05, 0.1) is 6.54 Å². The van der Waals surface area contributed by atoms with E-state index in [0.29, 0.717) is 18.4 Å². The highest BCUT2D eigenvalue weighted by Gasteiger charge is 2.42. The predicted octanol–water partition coefficient (Wildman–Crippen LogP) is 2.99. The third-order valence-electron chi connectivity index (χ3n) is 4.92. The fraction of sp³-hybridized carbons (Fsp3) is 1.00. The standard InChI is InChI=1S/C15H28F2N2/c1-14(2,3)12-5-8-19(9-6-12)10-13-4-7-18-11-15(13,16)17/h12-13,18H,4-11H2,1-3H3. The van der Waals surface area contributed by atoms with Crippen LogP contribution in [0, 0.1) is 17.3 Å². The van der Waals surface area contributed by atoms with Crippen molar-refractivity contribution in [2.45, 2.75) is 46.0 Å². The summed E-state index contributed by atoms with van der Waals surface area (Å²) in [6, 6.07) is 0. The van der Waals surface area contributed by atoms with Crippen LogP contribution in [0.3, 0.4) is 0 Å². The molecule has 2 rings (SSSR count). The van der Waals surface area contributed by atoms with Crippen molar-refractivity contribution in [3.05, 3.63) is 0 Å². The molecule has 1 N–H and O–H groups in total. The Morgan fingerprint density at radius 1 is 1.16 bits per heavy atom. The van der Waals surface area contributed by atoms with E-state index in [1.807, 2.05) is 0 Å². The molecule has 0 aliphatic carbocycles. The van der Waals surface area contributed by atoms with Gasteiger partial charge in [-0.1, -0.05) is 20.8 Å². The molecule has 0 saturated carbocycles. The van der Waals surface area contributed by atoms with E-state index in [0.717, 1.165) is 38.4 Å². The third kappa shape index (κ3) is 3.88. The van der Waals surface area contributed by atoms with Crippen molar-refractivity contribution in [1.29, 1.82) is 0 Å². The van der Waals surface area contributed by atoms with Crippen LogP contribution in [0.5, 0.6) is 0 Å². The van der Waals surface area contributed by atoms with Crippen molar-refractivity contribution in [3.8, 4) is 0 Å². The summed E-state index contributed by atoms with van der Waals surface area (Å²) in [6.07, 6.45) is 2.91. The molecule has 2 saturated heterocycles. The van der Waals surface area contributed by atoms with Crippen LogP contribution in [0.4, 0.5) is 8.78 Å². The minimum Gasteiger partial charge on any atom is -0.311 e. The van der Waals surface area contributed by atoms with Crippen LogP contribution in [0.15, 0.2) is 0 Å². The molecule has 1 atom stereocenters. The van der Waals surface area contributed by atoms with Crippen LogP contribution < -0.4 is 5.32 Å². The maximum atomic E-state index is 13.8. The molecule has 4 heteroatoms. The maximum absolute atomic E-state index is 13.8. The normalized spacial score (nSPS) is 30.5. The summed E-state index contributed by atoms with van der Waals surface area (Å²) in [5, 5.41) is 2.80. The Balaban J connectivity index is 1.82. The number of likely N-dealkylation sites (tertiary alicyclic amines) is 1. The van der Waals surface area contributed by atoms with Crippen molar-refractivity contribution in [2.75, 3.05) is 32.7 Å². The molecule has 19 heavy (non-hydrogen) atoms. The number of nitrogens with one attached hydrogen (secondary N) is 1. The number of halogens is 2. The van der Waals surface area contributed by atoms with Gasteiger partial charge in [0.25, 0.3) is 5.92 Å². The van der Waals surface area contributed by atoms with Crippen molar-refractivity contribution < 1.29 is 8.78 Å². The SMILES string of the molecule is CC(C)(C)C1CCN(CC2CCNCC2(F)F)CC1. The van der Waals surface area contributed by atoms with Gasteiger partial charge in [0.1, 0.15) is 0 Å². The Morgan fingerprint density at radius 2 is 1.79 bits per heavy atom. The summed E-state index contributed by atoms with van der Waals surface area (Å²) in [5.74, 6) is -2.25. The van der Waals surface area contributed by atoms with E-state index in [1.54, 1.807) is 0 Å². The summed E-state index contributed by atoms with van der Waals surface area (Å²) in [6.45, 7) is 10.0. The van der Waals surface area contributed by atoms with Gasteiger partial charge in [-0.25, -0.2) is 8.78 Å². The fourth-order valence-electron chi connectivity index (χ4n) is 3.40. The van der Waals surface area contributed by atoms with Crippen LogP contribution in [0.25, 0.3) is 0 Å². The van der Waals surface area contributed by atoms with Gasteiger partial charge >= 0.3 is 0 Å². The zero-order valence-corrected chi connectivity index (χ0v) is 12.5. The average molecular weight is 274 g/mol. The van der Waals surface area contributed by atoms with E-state index in [4.69, 9.17) is 0 Å². The lowest BCUT2D eigenvalue weighted by Gasteiger charge is -2.41. The maximum Gasteiger partial charge on any atom is 0.264 e. The Kier molecular flexibility index (Phi) is 4.51. The third-order valence-corrected chi connectivity index (χ3v) is 4.92. The van der Waals surface area contributed by atoms with Gasteiger partial charge in [-0.05, 0) is 50.2 Å². The molecule has 2 aliphatic heterocycles. The first kappa shape index (κ1) is 15.2. The monoisotopic (exact) mass is 274 g/mol. The van der Waals surface area contributed by atoms with Gasteiger partial charge in [0, 0.05) is 12.5 Å². The zero-order chi connectivity index (χ0) is 14.1. The van der Waals surface area contributed by atoms with E-state index < -0.39 is 11.8 Å². The summed E-state index contributed by atoms with van der Waals surface area (Å²) in [4.78, 5) is 2.26. The van der Waals surface area contributed by atoms with Crippen molar-refractivity contribution >= 4 is 0 Å².